The molecule has 0 N–H and O–H groups in total. The van der Waals surface area contributed by atoms with Gasteiger partial charge in [0.25, 0.3) is 0 Å². The molecule has 0 radical (unpaired) electrons. The minimum absolute atomic E-state index is 0.0514. The molecule has 0 aliphatic carbocycles. The Morgan fingerprint density at radius 1 is 1.19 bits per heavy atom. The van der Waals surface area contributed by atoms with Gasteiger partial charge in [0.15, 0.2) is 5.78 Å². The van der Waals surface area contributed by atoms with E-state index in [2.05, 4.69) is 5.16 Å². The Kier molecular flexibility index (Phi) is 5.26. The minimum atomic E-state index is 0.0514. The Balaban J connectivity index is 2.49. The third-order valence-electron chi connectivity index (χ3n) is 2.23. The van der Waals surface area contributed by atoms with E-state index in [9.17, 15) is 4.79 Å². The molecular formula is C13H17NO2. The summed E-state index contributed by atoms with van der Waals surface area (Å²) in [5.74, 6) is 0.0514. The molecule has 0 saturated heterocycles. The summed E-state index contributed by atoms with van der Waals surface area (Å²) in [6, 6.07) is 9.76. The monoisotopic (exact) mass is 219 g/mol. The molecule has 0 spiro atoms. The van der Waals surface area contributed by atoms with Gasteiger partial charge in [-0.3, -0.25) is 4.79 Å². The summed E-state index contributed by atoms with van der Waals surface area (Å²) < 4.78 is 0. The van der Waals surface area contributed by atoms with Gasteiger partial charge >= 0.3 is 0 Å². The molecule has 0 aliphatic rings. The van der Waals surface area contributed by atoms with Crippen molar-refractivity contribution in [2.24, 2.45) is 5.16 Å². The lowest BCUT2D eigenvalue weighted by atomic mass is 10.1. The first-order chi connectivity index (χ1) is 7.77. The van der Waals surface area contributed by atoms with Crippen LogP contribution in [0, 0.1) is 0 Å². The van der Waals surface area contributed by atoms with E-state index < -0.39 is 0 Å². The smallest absolute Gasteiger partial charge is 0.180 e. The second-order valence-corrected chi connectivity index (χ2v) is 3.43. The Labute approximate surface area is 96.1 Å². The zero-order valence-corrected chi connectivity index (χ0v) is 9.77. The number of hydrogen-bond donors (Lipinski definition) is 0. The molecule has 0 saturated carbocycles. The van der Waals surface area contributed by atoms with Crippen LogP contribution in [0.4, 0.5) is 0 Å². The van der Waals surface area contributed by atoms with E-state index in [4.69, 9.17) is 4.84 Å². The van der Waals surface area contributed by atoms with Crippen LogP contribution in [-0.4, -0.2) is 11.5 Å². The molecule has 0 bridgehead atoms. The normalized spacial score (nSPS) is 11.2. The van der Waals surface area contributed by atoms with E-state index >= 15 is 0 Å². The van der Waals surface area contributed by atoms with Crippen LogP contribution in [0.3, 0.4) is 0 Å². The molecule has 1 aromatic carbocycles. The predicted molar refractivity (Wildman–Crippen MR) is 64.3 cm³/mol. The van der Waals surface area contributed by atoms with Crippen molar-refractivity contribution in [1.82, 2.24) is 0 Å². The molecule has 0 unspecified atom stereocenters. The second-order valence-electron chi connectivity index (χ2n) is 3.43. The first-order valence-electron chi connectivity index (χ1n) is 5.53. The number of oxime groups is 1. The van der Waals surface area contributed by atoms with E-state index in [1.807, 2.05) is 44.2 Å². The van der Waals surface area contributed by atoms with Gasteiger partial charge < -0.3 is 4.84 Å². The highest BCUT2D eigenvalue weighted by Crippen LogP contribution is 2.02. The third-order valence-corrected chi connectivity index (χ3v) is 2.23. The van der Waals surface area contributed by atoms with Crippen molar-refractivity contribution in [3.63, 3.8) is 0 Å². The molecular weight excluding hydrogens is 202 g/mol. The maximum absolute atomic E-state index is 11.4. The van der Waals surface area contributed by atoms with E-state index in [0.29, 0.717) is 25.2 Å². The lowest BCUT2D eigenvalue weighted by molar-refractivity contribution is -0.113. The van der Waals surface area contributed by atoms with Gasteiger partial charge in [0, 0.05) is 6.42 Å². The van der Waals surface area contributed by atoms with Gasteiger partial charge in [-0.05, 0) is 12.0 Å². The highest BCUT2D eigenvalue weighted by molar-refractivity contribution is 6.39. The van der Waals surface area contributed by atoms with Crippen LogP contribution in [0.15, 0.2) is 35.5 Å². The van der Waals surface area contributed by atoms with Crippen molar-refractivity contribution in [1.29, 1.82) is 0 Å². The summed E-state index contributed by atoms with van der Waals surface area (Å²) in [4.78, 5) is 16.5. The van der Waals surface area contributed by atoms with Crippen LogP contribution in [0.25, 0.3) is 0 Å². The Morgan fingerprint density at radius 2 is 1.88 bits per heavy atom. The number of rotatable bonds is 6. The fourth-order valence-corrected chi connectivity index (χ4v) is 1.28. The van der Waals surface area contributed by atoms with Crippen molar-refractivity contribution in [2.45, 2.75) is 33.3 Å². The first-order valence-corrected chi connectivity index (χ1v) is 5.53. The van der Waals surface area contributed by atoms with Crippen molar-refractivity contribution < 1.29 is 9.63 Å². The zero-order valence-electron chi connectivity index (χ0n) is 9.77. The maximum Gasteiger partial charge on any atom is 0.180 e. The zero-order chi connectivity index (χ0) is 11.8. The second kappa shape index (κ2) is 6.77. The average molecular weight is 219 g/mol. The van der Waals surface area contributed by atoms with Gasteiger partial charge in [-0.25, -0.2) is 0 Å². The summed E-state index contributed by atoms with van der Waals surface area (Å²) in [6.07, 6.45) is 1.09. The van der Waals surface area contributed by atoms with E-state index in [1.165, 1.54) is 0 Å². The maximum atomic E-state index is 11.4. The summed E-state index contributed by atoms with van der Waals surface area (Å²) in [6.45, 7) is 4.13. The van der Waals surface area contributed by atoms with E-state index in [1.54, 1.807) is 0 Å². The highest BCUT2D eigenvalue weighted by atomic mass is 16.6. The molecule has 0 aliphatic heterocycles. The summed E-state index contributed by atoms with van der Waals surface area (Å²) in [7, 11) is 0. The number of carbonyl (C=O) groups excluding carboxylic acids is 1. The minimum Gasteiger partial charge on any atom is -0.391 e. The van der Waals surface area contributed by atoms with Crippen molar-refractivity contribution >= 4 is 11.5 Å². The summed E-state index contributed by atoms with van der Waals surface area (Å²) in [5, 5.41) is 3.88. The number of benzene rings is 1. The molecule has 0 amide bonds. The third kappa shape index (κ3) is 3.85. The van der Waals surface area contributed by atoms with Crippen molar-refractivity contribution in [2.75, 3.05) is 0 Å². The van der Waals surface area contributed by atoms with Gasteiger partial charge in [-0.1, -0.05) is 49.3 Å². The molecule has 1 rings (SSSR count). The summed E-state index contributed by atoms with van der Waals surface area (Å²) >= 11 is 0. The lowest BCUT2D eigenvalue weighted by Crippen LogP contribution is -2.12. The van der Waals surface area contributed by atoms with Gasteiger partial charge in [0.2, 0.25) is 0 Å². The standard InChI is InChI=1S/C13H17NO2/c1-3-12(13(15)4-2)14-16-10-11-8-6-5-7-9-11/h5-9H,3-4,10H2,1-2H3/b14-12+. The molecule has 3 nitrogen and oxygen atoms in total. The fourth-order valence-electron chi connectivity index (χ4n) is 1.28. The van der Waals surface area contributed by atoms with Crippen LogP contribution >= 0.6 is 0 Å². The molecule has 0 atom stereocenters. The Bertz CT molecular complexity index is 357. The van der Waals surface area contributed by atoms with Crippen LogP contribution < -0.4 is 0 Å². The number of nitrogens with zero attached hydrogens (tertiary/aromatic N) is 1. The topological polar surface area (TPSA) is 38.7 Å². The lowest BCUT2D eigenvalue weighted by Gasteiger charge is -2.02. The predicted octanol–water partition coefficient (Wildman–Crippen LogP) is 2.95. The van der Waals surface area contributed by atoms with E-state index in [-0.39, 0.29) is 5.78 Å². The Morgan fingerprint density at radius 3 is 2.44 bits per heavy atom. The van der Waals surface area contributed by atoms with Gasteiger partial charge in [0.1, 0.15) is 12.3 Å². The first kappa shape index (κ1) is 12.4. The van der Waals surface area contributed by atoms with Crippen molar-refractivity contribution in [3.8, 4) is 0 Å². The van der Waals surface area contributed by atoms with Gasteiger partial charge in [-0.2, -0.15) is 0 Å². The molecule has 3 heteroatoms. The fraction of sp³-hybridized carbons (Fsp3) is 0.385. The Hall–Kier alpha value is -1.64. The quantitative estimate of drug-likeness (QED) is 0.545. The number of Topliss-reactive ketones (excluding diaryl/α,β-unsaturated/α-hetero) is 1. The molecule has 0 fully saturated rings. The molecule has 86 valence electrons. The van der Waals surface area contributed by atoms with Gasteiger partial charge in [-0.15, -0.1) is 0 Å². The van der Waals surface area contributed by atoms with Gasteiger partial charge in [0.05, 0.1) is 0 Å². The van der Waals surface area contributed by atoms with Crippen molar-refractivity contribution in [3.05, 3.63) is 35.9 Å². The number of ketones is 1. The summed E-state index contributed by atoms with van der Waals surface area (Å²) in [5.41, 5.74) is 1.56. The largest absolute Gasteiger partial charge is 0.391 e. The molecule has 1 aromatic rings. The van der Waals surface area contributed by atoms with Crippen LogP contribution in [0.5, 0.6) is 0 Å². The average Bonchev–Trinajstić information content (AvgIpc) is 2.35. The number of carbonyl (C=O) groups is 1. The van der Waals surface area contributed by atoms with Crippen LogP contribution in [-0.2, 0) is 16.2 Å². The van der Waals surface area contributed by atoms with Crippen LogP contribution in [0.1, 0.15) is 32.3 Å². The number of hydrogen-bond acceptors (Lipinski definition) is 3. The molecule has 0 heterocycles. The highest BCUT2D eigenvalue weighted by Gasteiger charge is 2.06. The molecule has 16 heavy (non-hydrogen) atoms. The molecule has 0 aromatic heterocycles. The van der Waals surface area contributed by atoms with Crippen LogP contribution in [0.2, 0.25) is 0 Å². The SMILES string of the molecule is CCC(=O)/C(CC)=N/OCc1ccccc1. The van der Waals surface area contributed by atoms with E-state index in [0.717, 1.165) is 5.56 Å².